The molecule has 0 saturated carbocycles. The van der Waals surface area contributed by atoms with Gasteiger partial charge in [0.2, 0.25) is 0 Å². The third-order valence-corrected chi connectivity index (χ3v) is 2.77. The van der Waals surface area contributed by atoms with E-state index in [1.54, 1.807) is 36.5 Å². The van der Waals surface area contributed by atoms with Gasteiger partial charge in [0.15, 0.2) is 0 Å². The maximum atomic E-state index is 12.0. The van der Waals surface area contributed by atoms with E-state index < -0.39 is 0 Å². The molecule has 0 aliphatic carbocycles. The predicted octanol–water partition coefficient (Wildman–Crippen LogP) is 4.20. The van der Waals surface area contributed by atoms with Crippen LogP contribution in [0.5, 0.6) is 5.75 Å². The zero-order valence-electron chi connectivity index (χ0n) is 11.7. The van der Waals surface area contributed by atoms with Crippen LogP contribution >= 0.6 is 24.0 Å². The van der Waals surface area contributed by atoms with Crippen molar-refractivity contribution >= 4 is 35.6 Å². The van der Waals surface area contributed by atoms with Gasteiger partial charge in [0.1, 0.15) is 5.75 Å². The lowest BCUT2D eigenvalue weighted by molar-refractivity contribution is 0.102. The molecule has 1 aromatic heterocycles. The lowest BCUT2D eigenvalue weighted by Gasteiger charge is -2.12. The van der Waals surface area contributed by atoms with Crippen LogP contribution in [-0.4, -0.2) is 17.0 Å². The van der Waals surface area contributed by atoms with Crippen molar-refractivity contribution in [2.45, 2.75) is 20.0 Å². The van der Waals surface area contributed by atoms with Crippen molar-refractivity contribution in [1.82, 2.24) is 4.98 Å². The topological polar surface area (TPSA) is 51.2 Å². The number of halogens is 2. The minimum Gasteiger partial charge on any atom is -0.489 e. The molecule has 0 unspecified atom stereocenters. The molecule has 1 heterocycles. The second-order valence-electron chi connectivity index (χ2n) is 4.51. The van der Waals surface area contributed by atoms with Crippen LogP contribution in [-0.2, 0) is 0 Å². The number of rotatable bonds is 4. The highest BCUT2D eigenvalue weighted by Gasteiger charge is 2.09. The molecule has 0 bridgehead atoms. The fourth-order valence-corrected chi connectivity index (χ4v) is 1.85. The average molecular weight is 327 g/mol. The second kappa shape index (κ2) is 7.86. The number of nitrogens with zero attached hydrogens (tertiary/aromatic N) is 1. The number of carbonyl (C=O) groups excluding carboxylic acids is 1. The van der Waals surface area contributed by atoms with Crippen LogP contribution < -0.4 is 10.1 Å². The van der Waals surface area contributed by atoms with Gasteiger partial charge < -0.3 is 10.1 Å². The third-order valence-electron chi connectivity index (χ3n) is 2.48. The molecule has 6 heteroatoms. The van der Waals surface area contributed by atoms with Gasteiger partial charge in [-0.2, -0.15) is 0 Å². The summed E-state index contributed by atoms with van der Waals surface area (Å²) in [6, 6.07) is 8.55. The van der Waals surface area contributed by atoms with Gasteiger partial charge in [-0.1, -0.05) is 11.6 Å². The molecule has 1 amide bonds. The first-order chi connectivity index (χ1) is 9.56. The maximum absolute atomic E-state index is 12.0. The number of nitrogens with one attached hydrogen (secondary N) is 1. The summed E-state index contributed by atoms with van der Waals surface area (Å²) in [5, 5.41) is 3.22. The van der Waals surface area contributed by atoms with Crippen LogP contribution in [0, 0.1) is 0 Å². The Morgan fingerprint density at radius 2 is 2.10 bits per heavy atom. The van der Waals surface area contributed by atoms with Gasteiger partial charge in [-0.05, 0) is 44.2 Å². The molecule has 1 aromatic carbocycles. The number of hydrogen-bond acceptors (Lipinski definition) is 3. The molecule has 0 aliphatic rings. The van der Waals surface area contributed by atoms with E-state index in [1.165, 1.54) is 6.20 Å². The highest BCUT2D eigenvalue weighted by molar-refractivity contribution is 6.32. The van der Waals surface area contributed by atoms with Gasteiger partial charge in [0, 0.05) is 18.1 Å². The lowest BCUT2D eigenvalue weighted by Crippen LogP contribution is -2.12. The number of ether oxygens (including phenoxy) is 1. The van der Waals surface area contributed by atoms with E-state index in [9.17, 15) is 4.79 Å². The van der Waals surface area contributed by atoms with Crippen molar-refractivity contribution in [3.63, 3.8) is 0 Å². The summed E-state index contributed by atoms with van der Waals surface area (Å²) in [5.41, 5.74) is 1.10. The molecule has 0 saturated heterocycles. The highest BCUT2D eigenvalue weighted by atomic mass is 35.5. The fraction of sp³-hybridized carbons (Fsp3) is 0.200. The largest absolute Gasteiger partial charge is 0.489 e. The quantitative estimate of drug-likeness (QED) is 0.916. The van der Waals surface area contributed by atoms with E-state index in [4.69, 9.17) is 16.3 Å². The molecule has 1 N–H and O–H groups in total. The monoisotopic (exact) mass is 326 g/mol. The normalized spacial score (nSPS) is 9.90. The Hall–Kier alpha value is -1.78. The number of anilines is 1. The van der Waals surface area contributed by atoms with E-state index in [0.717, 1.165) is 0 Å². The molecule has 0 aliphatic heterocycles. The summed E-state index contributed by atoms with van der Waals surface area (Å²) < 4.78 is 5.53. The minimum atomic E-state index is -0.230. The summed E-state index contributed by atoms with van der Waals surface area (Å²) in [7, 11) is 0. The molecular formula is C15H16Cl2N2O2. The van der Waals surface area contributed by atoms with Crippen LogP contribution in [0.1, 0.15) is 24.2 Å². The SMILES string of the molecule is CC(C)Oc1ccc(NC(=O)c2cccnc2)cc1Cl.Cl. The van der Waals surface area contributed by atoms with E-state index in [-0.39, 0.29) is 24.4 Å². The van der Waals surface area contributed by atoms with Gasteiger partial charge >= 0.3 is 0 Å². The molecule has 2 rings (SSSR count). The Morgan fingerprint density at radius 1 is 1.33 bits per heavy atom. The van der Waals surface area contributed by atoms with E-state index >= 15 is 0 Å². The van der Waals surface area contributed by atoms with Crippen molar-refractivity contribution in [2.24, 2.45) is 0 Å². The van der Waals surface area contributed by atoms with Crippen LogP contribution in [0.15, 0.2) is 42.7 Å². The third kappa shape index (κ3) is 4.92. The Kier molecular flexibility index (Phi) is 6.46. The Morgan fingerprint density at radius 3 is 2.67 bits per heavy atom. The van der Waals surface area contributed by atoms with E-state index in [1.807, 2.05) is 13.8 Å². The molecule has 0 spiro atoms. The number of carbonyl (C=O) groups is 1. The number of benzene rings is 1. The summed E-state index contributed by atoms with van der Waals surface area (Å²) in [4.78, 5) is 15.9. The van der Waals surface area contributed by atoms with Gasteiger partial charge in [-0.15, -0.1) is 12.4 Å². The van der Waals surface area contributed by atoms with Gasteiger partial charge in [-0.25, -0.2) is 0 Å². The maximum Gasteiger partial charge on any atom is 0.257 e. The summed E-state index contributed by atoms with van der Waals surface area (Å²) in [6.45, 7) is 3.85. The van der Waals surface area contributed by atoms with Crippen molar-refractivity contribution in [3.8, 4) is 5.75 Å². The predicted molar refractivity (Wildman–Crippen MR) is 86.7 cm³/mol. The summed E-state index contributed by atoms with van der Waals surface area (Å²) in [5.74, 6) is 0.368. The van der Waals surface area contributed by atoms with E-state index in [2.05, 4.69) is 10.3 Å². The van der Waals surface area contributed by atoms with Crippen LogP contribution in [0.3, 0.4) is 0 Å². The number of pyridine rings is 1. The fourth-order valence-electron chi connectivity index (χ4n) is 1.63. The van der Waals surface area contributed by atoms with Gasteiger partial charge in [0.05, 0.1) is 16.7 Å². The standard InChI is InChI=1S/C15H15ClN2O2.ClH/c1-10(2)20-14-6-5-12(8-13(14)16)18-15(19)11-4-3-7-17-9-11;/h3-10H,1-2H3,(H,18,19);1H. The van der Waals surface area contributed by atoms with Crippen LogP contribution in [0.4, 0.5) is 5.69 Å². The molecule has 0 radical (unpaired) electrons. The van der Waals surface area contributed by atoms with E-state index in [0.29, 0.717) is 22.0 Å². The van der Waals surface area contributed by atoms with Crippen molar-refractivity contribution in [1.29, 1.82) is 0 Å². The lowest BCUT2D eigenvalue weighted by atomic mass is 10.2. The Labute approximate surface area is 134 Å². The van der Waals surface area contributed by atoms with Gasteiger partial charge in [0.25, 0.3) is 5.91 Å². The van der Waals surface area contributed by atoms with Gasteiger partial charge in [-0.3, -0.25) is 9.78 Å². The van der Waals surface area contributed by atoms with Crippen molar-refractivity contribution < 1.29 is 9.53 Å². The zero-order chi connectivity index (χ0) is 14.5. The molecule has 0 atom stereocenters. The molecule has 0 fully saturated rings. The van der Waals surface area contributed by atoms with Crippen LogP contribution in [0.2, 0.25) is 5.02 Å². The molecule has 4 nitrogen and oxygen atoms in total. The smallest absolute Gasteiger partial charge is 0.257 e. The van der Waals surface area contributed by atoms with Crippen molar-refractivity contribution in [3.05, 3.63) is 53.3 Å². The second-order valence-corrected chi connectivity index (χ2v) is 4.91. The first-order valence-corrected chi connectivity index (χ1v) is 6.61. The molecule has 112 valence electrons. The first-order valence-electron chi connectivity index (χ1n) is 6.24. The minimum absolute atomic E-state index is 0. The summed E-state index contributed by atoms with van der Waals surface area (Å²) >= 11 is 6.11. The van der Waals surface area contributed by atoms with Crippen LogP contribution in [0.25, 0.3) is 0 Å². The van der Waals surface area contributed by atoms with Crippen molar-refractivity contribution in [2.75, 3.05) is 5.32 Å². The highest BCUT2D eigenvalue weighted by Crippen LogP contribution is 2.28. The first kappa shape index (κ1) is 17.3. The number of amides is 1. The summed E-state index contributed by atoms with van der Waals surface area (Å²) in [6.07, 6.45) is 3.17. The Balaban J connectivity index is 0.00000220. The number of aromatic nitrogens is 1. The average Bonchev–Trinajstić information content (AvgIpc) is 2.42. The zero-order valence-corrected chi connectivity index (χ0v) is 13.2. The molecular weight excluding hydrogens is 311 g/mol. The number of hydrogen-bond donors (Lipinski definition) is 1. The molecule has 2 aromatic rings. The molecule has 21 heavy (non-hydrogen) atoms. The Bertz CT molecular complexity index is 604.